The van der Waals surface area contributed by atoms with Crippen LogP contribution < -0.4 is 20.1 Å². The van der Waals surface area contributed by atoms with E-state index in [1.54, 1.807) is 14.2 Å². The van der Waals surface area contributed by atoms with Crippen LogP contribution in [-0.2, 0) is 9.59 Å². The Kier molecular flexibility index (Phi) is 7.52. The molecule has 1 saturated heterocycles. The van der Waals surface area contributed by atoms with E-state index in [1.807, 2.05) is 50.2 Å². The van der Waals surface area contributed by atoms with E-state index in [0.717, 1.165) is 53.3 Å². The summed E-state index contributed by atoms with van der Waals surface area (Å²) < 4.78 is 10.8. The van der Waals surface area contributed by atoms with Gasteiger partial charge in [0.1, 0.15) is 11.5 Å². The zero-order valence-corrected chi connectivity index (χ0v) is 18.7. The van der Waals surface area contributed by atoms with Crippen molar-refractivity contribution < 1.29 is 19.1 Å². The fourth-order valence-electron chi connectivity index (χ4n) is 4.08. The molecule has 3 rings (SSSR count). The number of methoxy groups -OCH3 is 2. The summed E-state index contributed by atoms with van der Waals surface area (Å²) in [5, 5.41) is 5.64. The molecule has 2 amide bonds. The maximum absolute atomic E-state index is 12.5. The molecule has 31 heavy (non-hydrogen) atoms. The number of benzene rings is 2. The monoisotopic (exact) mass is 425 g/mol. The van der Waals surface area contributed by atoms with Crippen LogP contribution in [0.3, 0.4) is 0 Å². The van der Waals surface area contributed by atoms with Crippen molar-refractivity contribution in [3.63, 3.8) is 0 Å². The third-order valence-electron chi connectivity index (χ3n) is 5.70. The SMILES string of the molecule is COc1ccc([C@@H]2CCCN2CC(=O)NCC(=O)Nc2c(C)cccc2C)c(OC)c1. The molecule has 2 aromatic rings. The molecule has 1 aliphatic rings. The van der Waals surface area contributed by atoms with Crippen LogP contribution >= 0.6 is 0 Å². The summed E-state index contributed by atoms with van der Waals surface area (Å²) in [6.45, 7) is 4.89. The first-order valence-corrected chi connectivity index (χ1v) is 10.5. The number of anilines is 1. The van der Waals surface area contributed by atoms with Gasteiger partial charge < -0.3 is 20.1 Å². The summed E-state index contributed by atoms with van der Waals surface area (Å²) >= 11 is 0. The van der Waals surface area contributed by atoms with Gasteiger partial charge in [-0.15, -0.1) is 0 Å². The highest BCUT2D eigenvalue weighted by Crippen LogP contribution is 2.38. The van der Waals surface area contributed by atoms with Crippen LogP contribution in [0.1, 0.15) is 35.6 Å². The predicted octanol–water partition coefficient (Wildman–Crippen LogP) is 3.21. The summed E-state index contributed by atoms with van der Waals surface area (Å²) in [6, 6.07) is 11.7. The molecule has 0 unspecified atom stereocenters. The van der Waals surface area contributed by atoms with Crippen molar-refractivity contribution in [2.45, 2.75) is 32.7 Å². The predicted molar refractivity (Wildman–Crippen MR) is 121 cm³/mol. The summed E-state index contributed by atoms with van der Waals surface area (Å²) in [5.41, 5.74) is 3.83. The molecule has 1 atom stereocenters. The molecule has 2 aromatic carbocycles. The Morgan fingerprint density at radius 3 is 2.48 bits per heavy atom. The zero-order valence-electron chi connectivity index (χ0n) is 18.7. The minimum absolute atomic E-state index is 0.0586. The van der Waals surface area contributed by atoms with Gasteiger partial charge in [-0.2, -0.15) is 0 Å². The topological polar surface area (TPSA) is 79.9 Å². The van der Waals surface area contributed by atoms with Crippen molar-refractivity contribution in [3.8, 4) is 11.5 Å². The van der Waals surface area contributed by atoms with Crippen molar-refractivity contribution in [1.29, 1.82) is 0 Å². The highest BCUT2D eigenvalue weighted by molar-refractivity contribution is 5.95. The van der Waals surface area contributed by atoms with Gasteiger partial charge in [-0.25, -0.2) is 0 Å². The van der Waals surface area contributed by atoms with Crippen molar-refractivity contribution in [2.75, 3.05) is 39.2 Å². The van der Waals surface area contributed by atoms with Crippen LogP contribution in [0.15, 0.2) is 36.4 Å². The van der Waals surface area contributed by atoms with E-state index < -0.39 is 0 Å². The van der Waals surface area contributed by atoms with Crippen molar-refractivity contribution in [2.24, 2.45) is 0 Å². The minimum atomic E-state index is -0.236. The molecule has 1 fully saturated rings. The molecule has 0 aliphatic carbocycles. The molecule has 1 aliphatic heterocycles. The summed E-state index contributed by atoms with van der Waals surface area (Å²) in [4.78, 5) is 27.0. The van der Waals surface area contributed by atoms with Gasteiger partial charge >= 0.3 is 0 Å². The van der Waals surface area contributed by atoms with E-state index in [1.165, 1.54) is 0 Å². The summed E-state index contributed by atoms with van der Waals surface area (Å²) in [7, 11) is 3.26. The first kappa shape index (κ1) is 22.6. The number of rotatable bonds is 8. The van der Waals surface area contributed by atoms with Crippen LogP contribution in [0.5, 0.6) is 11.5 Å². The second-order valence-corrected chi connectivity index (χ2v) is 7.83. The number of hydrogen-bond donors (Lipinski definition) is 2. The van der Waals surface area contributed by atoms with Gasteiger partial charge in [0, 0.05) is 23.4 Å². The molecule has 1 heterocycles. The molecule has 0 saturated carbocycles. The summed E-state index contributed by atoms with van der Waals surface area (Å²) in [5.74, 6) is 1.08. The number of carbonyl (C=O) groups is 2. The third-order valence-corrected chi connectivity index (χ3v) is 5.70. The number of nitrogens with one attached hydrogen (secondary N) is 2. The van der Waals surface area contributed by atoms with Crippen LogP contribution in [-0.4, -0.2) is 50.6 Å². The summed E-state index contributed by atoms with van der Waals surface area (Å²) in [6.07, 6.45) is 1.95. The Balaban J connectivity index is 1.57. The first-order valence-electron chi connectivity index (χ1n) is 10.5. The highest BCUT2D eigenvalue weighted by Gasteiger charge is 2.30. The van der Waals surface area contributed by atoms with Gasteiger partial charge in [0.05, 0.1) is 27.3 Å². The molecule has 166 valence electrons. The largest absolute Gasteiger partial charge is 0.497 e. The van der Waals surface area contributed by atoms with Gasteiger partial charge in [0.15, 0.2) is 0 Å². The van der Waals surface area contributed by atoms with E-state index in [4.69, 9.17) is 9.47 Å². The average Bonchev–Trinajstić information content (AvgIpc) is 3.22. The van der Waals surface area contributed by atoms with Crippen LogP contribution in [0.2, 0.25) is 0 Å². The zero-order chi connectivity index (χ0) is 22.4. The van der Waals surface area contributed by atoms with Crippen LogP contribution in [0, 0.1) is 13.8 Å². The Morgan fingerprint density at radius 2 is 1.81 bits per heavy atom. The van der Waals surface area contributed by atoms with Crippen molar-refractivity contribution in [1.82, 2.24) is 10.2 Å². The molecule has 0 radical (unpaired) electrons. The lowest BCUT2D eigenvalue weighted by molar-refractivity contribution is -0.125. The quantitative estimate of drug-likeness (QED) is 0.679. The first-order chi connectivity index (χ1) is 14.9. The fourth-order valence-corrected chi connectivity index (χ4v) is 4.08. The Morgan fingerprint density at radius 1 is 1.06 bits per heavy atom. The van der Waals surface area contributed by atoms with Crippen molar-refractivity contribution in [3.05, 3.63) is 53.1 Å². The van der Waals surface area contributed by atoms with E-state index in [0.29, 0.717) is 0 Å². The second-order valence-electron chi connectivity index (χ2n) is 7.83. The molecule has 7 heteroatoms. The molecule has 0 spiro atoms. The third kappa shape index (κ3) is 5.55. The molecule has 7 nitrogen and oxygen atoms in total. The van der Waals surface area contributed by atoms with Gasteiger partial charge in [-0.3, -0.25) is 14.5 Å². The van der Waals surface area contributed by atoms with E-state index in [2.05, 4.69) is 15.5 Å². The van der Waals surface area contributed by atoms with Crippen LogP contribution in [0.4, 0.5) is 5.69 Å². The minimum Gasteiger partial charge on any atom is -0.497 e. The lowest BCUT2D eigenvalue weighted by Gasteiger charge is -2.25. The van der Waals surface area contributed by atoms with Gasteiger partial charge in [0.25, 0.3) is 0 Å². The lowest BCUT2D eigenvalue weighted by atomic mass is 10.0. The maximum Gasteiger partial charge on any atom is 0.243 e. The Labute approximate surface area is 183 Å². The molecular formula is C24H31N3O4. The number of hydrogen-bond acceptors (Lipinski definition) is 5. The average molecular weight is 426 g/mol. The number of likely N-dealkylation sites (tertiary alicyclic amines) is 1. The second kappa shape index (κ2) is 10.3. The molecule has 0 aromatic heterocycles. The normalized spacial score (nSPS) is 16.1. The van der Waals surface area contributed by atoms with Crippen LogP contribution in [0.25, 0.3) is 0 Å². The standard InChI is InChI=1S/C24H31N3O4/c1-16-7-5-8-17(2)24(16)26-22(28)14-25-23(29)15-27-12-6-9-20(27)19-11-10-18(30-3)13-21(19)31-4/h5,7-8,10-11,13,20H,6,9,12,14-15H2,1-4H3,(H,25,29)(H,26,28)/t20-/m0/s1. The number of carbonyl (C=O) groups excluding carboxylic acids is 2. The highest BCUT2D eigenvalue weighted by atomic mass is 16.5. The number of nitrogens with zero attached hydrogens (tertiary/aromatic N) is 1. The van der Waals surface area contributed by atoms with Gasteiger partial charge in [-0.05, 0) is 50.4 Å². The number of para-hydroxylation sites is 1. The number of amides is 2. The van der Waals surface area contributed by atoms with Gasteiger partial charge in [-0.1, -0.05) is 24.3 Å². The Bertz CT molecular complexity index is 924. The van der Waals surface area contributed by atoms with E-state index in [-0.39, 0.29) is 30.9 Å². The number of ether oxygens (including phenoxy) is 2. The van der Waals surface area contributed by atoms with Crippen molar-refractivity contribution >= 4 is 17.5 Å². The molecular weight excluding hydrogens is 394 g/mol. The van der Waals surface area contributed by atoms with E-state index >= 15 is 0 Å². The maximum atomic E-state index is 12.5. The fraction of sp³-hybridized carbons (Fsp3) is 0.417. The molecule has 2 N–H and O–H groups in total. The van der Waals surface area contributed by atoms with Gasteiger partial charge in [0.2, 0.25) is 11.8 Å². The molecule has 0 bridgehead atoms. The Hall–Kier alpha value is -3.06. The number of aryl methyl sites for hydroxylation is 2. The van der Waals surface area contributed by atoms with E-state index in [9.17, 15) is 9.59 Å². The lowest BCUT2D eigenvalue weighted by Crippen LogP contribution is -2.40. The smallest absolute Gasteiger partial charge is 0.243 e.